The fraction of sp³-hybridized carbons (Fsp3) is 0.600. The minimum atomic E-state index is 0.528. The van der Waals surface area contributed by atoms with Crippen molar-refractivity contribution in [3.05, 3.63) is 29.3 Å². The van der Waals surface area contributed by atoms with Crippen LogP contribution in [0.25, 0.3) is 0 Å². The zero-order valence-electron chi connectivity index (χ0n) is 11.5. The number of ether oxygens (including phenoxy) is 1. The van der Waals surface area contributed by atoms with Crippen LogP contribution in [0.2, 0.25) is 0 Å². The highest BCUT2D eigenvalue weighted by atomic mass is 16.5. The number of benzene rings is 1. The Morgan fingerprint density at radius 3 is 2.76 bits per heavy atom. The lowest BCUT2D eigenvalue weighted by Gasteiger charge is -2.15. The van der Waals surface area contributed by atoms with Gasteiger partial charge in [0.2, 0.25) is 0 Å². The zero-order valence-corrected chi connectivity index (χ0v) is 11.5. The molecule has 0 heterocycles. The highest BCUT2D eigenvalue weighted by Gasteiger charge is 2.03. The average molecular weight is 235 g/mol. The molecular weight excluding hydrogens is 210 g/mol. The van der Waals surface area contributed by atoms with E-state index in [-0.39, 0.29) is 0 Å². The summed E-state index contributed by atoms with van der Waals surface area (Å²) in [5.41, 5.74) is 2.47. The monoisotopic (exact) mass is 235 g/mol. The number of hydrogen-bond acceptors (Lipinski definition) is 2. The summed E-state index contributed by atoms with van der Waals surface area (Å²) in [5, 5.41) is 3.46. The molecule has 1 rings (SSSR count). The first-order valence-electron chi connectivity index (χ1n) is 6.57. The van der Waals surface area contributed by atoms with Crippen LogP contribution in [0.1, 0.15) is 37.8 Å². The molecule has 0 radical (unpaired) electrons. The molecular formula is C15H25NO. The van der Waals surface area contributed by atoms with Gasteiger partial charge in [-0.3, -0.25) is 0 Å². The molecule has 0 bridgehead atoms. The second-order valence-corrected chi connectivity index (χ2v) is 4.76. The second kappa shape index (κ2) is 7.33. The maximum atomic E-state index is 5.83. The summed E-state index contributed by atoms with van der Waals surface area (Å²) in [6, 6.07) is 6.87. The molecule has 0 saturated carbocycles. The van der Waals surface area contributed by atoms with Crippen LogP contribution in [-0.4, -0.2) is 19.2 Å². The molecule has 2 nitrogen and oxygen atoms in total. The summed E-state index contributed by atoms with van der Waals surface area (Å²) in [6.07, 6.45) is 2.23. The fourth-order valence-electron chi connectivity index (χ4n) is 1.70. The molecule has 0 spiro atoms. The van der Waals surface area contributed by atoms with Crippen molar-refractivity contribution in [2.45, 2.75) is 46.6 Å². The Balaban J connectivity index is 2.32. The summed E-state index contributed by atoms with van der Waals surface area (Å²) in [5.74, 6) is 1.02. The topological polar surface area (TPSA) is 21.3 Å². The van der Waals surface area contributed by atoms with Gasteiger partial charge in [-0.05, 0) is 57.4 Å². The van der Waals surface area contributed by atoms with Gasteiger partial charge in [0.1, 0.15) is 5.75 Å². The van der Waals surface area contributed by atoms with Crippen molar-refractivity contribution in [3.63, 3.8) is 0 Å². The molecule has 0 aliphatic rings. The molecule has 1 aromatic carbocycles. The molecule has 17 heavy (non-hydrogen) atoms. The fourth-order valence-corrected chi connectivity index (χ4v) is 1.70. The number of rotatable bonds is 7. The van der Waals surface area contributed by atoms with Crippen molar-refractivity contribution in [1.29, 1.82) is 0 Å². The Hall–Kier alpha value is -1.02. The van der Waals surface area contributed by atoms with Crippen LogP contribution >= 0.6 is 0 Å². The van der Waals surface area contributed by atoms with Crippen molar-refractivity contribution in [1.82, 2.24) is 5.32 Å². The highest BCUT2D eigenvalue weighted by molar-refractivity contribution is 5.35. The van der Waals surface area contributed by atoms with Crippen molar-refractivity contribution in [3.8, 4) is 5.75 Å². The van der Waals surface area contributed by atoms with Crippen LogP contribution in [0, 0.1) is 13.8 Å². The molecule has 96 valence electrons. The molecule has 1 aromatic rings. The number of hydrogen-bond donors (Lipinski definition) is 1. The summed E-state index contributed by atoms with van der Waals surface area (Å²) >= 11 is 0. The van der Waals surface area contributed by atoms with Gasteiger partial charge in [-0.1, -0.05) is 19.1 Å². The Labute approximate surface area is 105 Å². The molecule has 2 heteroatoms. The van der Waals surface area contributed by atoms with Gasteiger partial charge >= 0.3 is 0 Å². The van der Waals surface area contributed by atoms with E-state index >= 15 is 0 Å². The Morgan fingerprint density at radius 2 is 2.06 bits per heavy atom. The van der Waals surface area contributed by atoms with Gasteiger partial charge in [-0.2, -0.15) is 0 Å². The molecule has 0 aliphatic carbocycles. The van der Waals surface area contributed by atoms with E-state index in [1.807, 2.05) is 0 Å². The van der Waals surface area contributed by atoms with Crippen molar-refractivity contribution >= 4 is 0 Å². The van der Waals surface area contributed by atoms with E-state index < -0.39 is 0 Å². The molecule has 0 amide bonds. The van der Waals surface area contributed by atoms with Crippen molar-refractivity contribution in [2.75, 3.05) is 13.2 Å². The molecule has 0 saturated heterocycles. The van der Waals surface area contributed by atoms with E-state index in [9.17, 15) is 0 Å². The van der Waals surface area contributed by atoms with Crippen LogP contribution < -0.4 is 10.1 Å². The smallest absolute Gasteiger partial charge is 0.122 e. The first kappa shape index (κ1) is 14.0. The third kappa shape index (κ3) is 5.22. The van der Waals surface area contributed by atoms with E-state index in [4.69, 9.17) is 4.74 Å². The van der Waals surface area contributed by atoms with E-state index in [0.717, 1.165) is 25.3 Å². The highest BCUT2D eigenvalue weighted by Crippen LogP contribution is 2.19. The number of nitrogens with one attached hydrogen (secondary N) is 1. The lowest BCUT2D eigenvalue weighted by molar-refractivity contribution is 0.288. The minimum absolute atomic E-state index is 0.528. The standard InChI is InChI=1S/C15H25NO/c1-5-9-16-14(4)8-10-17-15-11-12(2)6-7-13(15)3/h6-7,11,14,16H,5,8-10H2,1-4H3. The summed E-state index contributed by atoms with van der Waals surface area (Å²) in [7, 11) is 0. The quantitative estimate of drug-likeness (QED) is 0.781. The van der Waals surface area contributed by atoms with Crippen LogP contribution in [-0.2, 0) is 0 Å². The molecule has 0 aromatic heterocycles. The van der Waals surface area contributed by atoms with E-state index in [0.29, 0.717) is 6.04 Å². The van der Waals surface area contributed by atoms with E-state index in [1.165, 1.54) is 17.5 Å². The SMILES string of the molecule is CCCNC(C)CCOc1cc(C)ccc1C. The van der Waals surface area contributed by atoms with Crippen LogP contribution in [0.5, 0.6) is 5.75 Å². The summed E-state index contributed by atoms with van der Waals surface area (Å²) < 4.78 is 5.83. The third-order valence-corrected chi connectivity index (χ3v) is 2.89. The molecule has 1 unspecified atom stereocenters. The van der Waals surface area contributed by atoms with Gasteiger partial charge in [0.15, 0.2) is 0 Å². The van der Waals surface area contributed by atoms with Gasteiger partial charge < -0.3 is 10.1 Å². The first-order valence-corrected chi connectivity index (χ1v) is 6.57. The lowest BCUT2D eigenvalue weighted by Crippen LogP contribution is -2.28. The second-order valence-electron chi connectivity index (χ2n) is 4.76. The van der Waals surface area contributed by atoms with Crippen LogP contribution in [0.15, 0.2) is 18.2 Å². The maximum absolute atomic E-state index is 5.83. The first-order chi connectivity index (χ1) is 8.13. The van der Waals surface area contributed by atoms with Crippen LogP contribution in [0.3, 0.4) is 0 Å². The Bertz CT molecular complexity index is 336. The van der Waals surface area contributed by atoms with E-state index in [2.05, 4.69) is 51.2 Å². The third-order valence-electron chi connectivity index (χ3n) is 2.89. The van der Waals surface area contributed by atoms with Crippen molar-refractivity contribution in [2.24, 2.45) is 0 Å². The zero-order chi connectivity index (χ0) is 12.7. The molecule has 1 N–H and O–H groups in total. The van der Waals surface area contributed by atoms with Crippen LogP contribution in [0.4, 0.5) is 0 Å². The predicted octanol–water partition coefficient (Wildman–Crippen LogP) is 3.46. The normalized spacial score (nSPS) is 12.5. The Kier molecular flexibility index (Phi) is 6.06. The minimum Gasteiger partial charge on any atom is -0.493 e. The largest absolute Gasteiger partial charge is 0.493 e. The van der Waals surface area contributed by atoms with Gasteiger partial charge in [0.25, 0.3) is 0 Å². The lowest BCUT2D eigenvalue weighted by atomic mass is 10.1. The average Bonchev–Trinajstić information content (AvgIpc) is 2.31. The molecule has 0 aliphatic heterocycles. The molecule has 0 fully saturated rings. The van der Waals surface area contributed by atoms with Gasteiger partial charge in [-0.25, -0.2) is 0 Å². The summed E-state index contributed by atoms with van der Waals surface area (Å²) in [4.78, 5) is 0. The van der Waals surface area contributed by atoms with Gasteiger partial charge in [0, 0.05) is 6.04 Å². The van der Waals surface area contributed by atoms with Gasteiger partial charge in [-0.15, -0.1) is 0 Å². The summed E-state index contributed by atoms with van der Waals surface area (Å²) in [6.45, 7) is 10.5. The van der Waals surface area contributed by atoms with Gasteiger partial charge in [0.05, 0.1) is 6.61 Å². The Morgan fingerprint density at radius 1 is 1.29 bits per heavy atom. The van der Waals surface area contributed by atoms with Crippen molar-refractivity contribution < 1.29 is 4.74 Å². The predicted molar refractivity (Wildman–Crippen MR) is 73.8 cm³/mol. The maximum Gasteiger partial charge on any atom is 0.122 e. The number of aryl methyl sites for hydroxylation is 2. The van der Waals surface area contributed by atoms with E-state index in [1.54, 1.807) is 0 Å². The molecule has 1 atom stereocenters.